The molecule has 2 atom stereocenters. The Kier molecular flexibility index (Phi) is 3.73. The van der Waals surface area contributed by atoms with Gasteiger partial charge in [0, 0.05) is 29.1 Å². The summed E-state index contributed by atoms with van der Waals surface area (Å²) in [4.78, 5) is 28.4. The maximum atomic E-state index is 15.2. The van der Waals surface area contributed by atoms with Crippen LogP contribution in [0.5, 0.6) is 5.75 Å². The summed E-state index contributed by atoms with van der Waals surface area (Å²) in [5.74, 6) is -1.61. The Labute approximate surface area is 154 Å². The lowest BCUT2D eigenvalue weighted by Crippen LogP contribution is -2.31. The zero-order valence-corrected chi connectivity index (χ0v) is 15.2. The smallest absolute Gasteiger partial charge is 0.341 e. The molecule has 1 unspecified atom stereocenters. The fourth-order valence-electron chi connectivity index (χ4n) is 4.05. The van der Waals surface area contributed by atoms with Crippen LogP contribution in [0.15, 0.2) is 34.3 Å². The number of aromatic nitrogens is 1. The summed E-state index contributed by atoms with van der Waals surface area (Å²) in [5, 5.41) is 9.38. The van der Waals surface area contributed by atoms with Crippen molar-refractivity contribution in [1.29, 1.82) is 0 Å². The first-order valence-electron chi connectivity index (χ1n) is 8.72. The molecular weight excluding hydrogens is 351 g/mol. The molecule has 0 spiro atoms. The number of ether oxygens (including phenoxy) is 1. The van der Waals surface area contributed by atoms with Gasteiger partial charge in [0.2, 0.25) is 5.43 Å². The number of aromatic carboxylic acids is 1. The van der Waals surface area contributed by atoms with Gasteiger partial charge in [0.05, 0.1) is 16.9 Å². The Balaban J connectivity index is 2.11. The number of carbonyl (C=O) groups is 1. The van der Waals surface area contributed by atoms with E-state index in [0.29, 0.717) is 23.3 Å². The van der Waals surface area contributed by atoms with Gasteiger partial charge in [-0.3, -0.25) is 9.79 Å². The van der Waals surface area contributed by atoms with E-state index in [1.54, 1.807) is 10.8 Å². The van der Waals surface area contributed by atoms with Crippen LogP contribution in [0.25, 0.3) is 10.9 Å². The van der Waals surface area contributed by atoms with Gasteiger partial charge in [-0.25, -0.2) is 9.18 Å². The highest BCUT2D eigenvalue weighted by Crippen LogP contribution is 2.45. The number of allylic oxidation sites excluding steroid dienone is 1. The number of rotatable bonds is 2. The van der Waals surface area contributed by atoms with E-state index in [4.69, 9.17) is 4.74 Å². The second-order valence-electron chi connectivity index (χ2n) is 7.48. The highest BCUT2D eigenvalue weighted by atomic mass is 19.1. The molecule has 0 aliphatic carbocycles. The van der Waals surface area contributed by atoms with Crippen LogP contribution in [0, 0.1) is 5.82 Å². The zero-order chi connectivity index (χ0) is 19.5. The van der Waals surface area contributed by atoms with E-state index in [0.717, 1.165) is 11.8 Å². The molecule has 4 rings (SSSR count). The molecule has 0 fully saturated rings. The Bertz CT molecular complexity index is 1120. The van der Waals surface area contributed by atoms with Crippen molar-refractivity contribution in [3.05, 3.63) is 51.7 Å². The maximum absolute atomic E-state index is 15.2. The molecule has 0 saturated heterocycles. The minimum atomic E-state index is -1.33. The van der Waals surface area contributed by atoms with Crippen LogP contribution < -0.4 is 10.2 Å². The molecule has 140 valence electrons. The summed E-state index contributed by atoms with van der Waals surface area (Å²) in [6.45, 7) is 5.90. The predicted octanol–water partition coefficient (Wildman–Crippen LogP) is 3.43. The van der Waals surface area contributed by atoms with Gasteiger partial charge in [-0.05, 0) is 26.3 Å². The molecule has 1 N–H and O–H groups in total. The van der Waals surface area contributed by atoms with E-state index in [1.165, 1.54) is 6.20 Å². The third-order valence-electron chi connectivity index (χ3n) is 5.33. The van der Waals surface area contributed by atoms with Gasteiger partial charge in [0.1, 0.15) is 18.0 Å². The molecule has 2 aliphatic rings. The van der Waals surface area contributed by atoms with Crippen molar-refractivity contribution in [3.63, 3.8) is 0 Å². The fourth-order valence-corrected chi connectivity index (χ4v) is 4.05. The number of aliphatic imine (C=N–C) groups is 1. The largest absolute Gasteiger partial charge is 0.489 e. The lowest BCUT2D eigenvalue weighted by Gasteiger charge is -2.35. The van der Waals surface area contributed by atoms with E-state index in [9.17, 15) is 14.7 Å². The number of carboxylic acids is 1. The van der Waals surface area contributed by atoms with Gasteiger partial charge in [0.25, 0.3) is 0 Å². The normalized spacial score (nSPS) is 23.9. The standard InChI is InChI=1S/C20H19FN2O4/c1-10-7-20(3,4-5-22-10)15-14(21)6-12-16-18(15)27-9-11(2)23(16)8-13(17(12)24)19(25)26/h4-6,8,11H,7,9H2,1-3H3,(H,25,26)/t11-,20?/m1/s1. The van der Waals surface area contributed by atoms with Crippen molar-refractivity contribution in [3.8, 4) is 5.75 Å². The van der Waals surface area contributed by atoms with Gasteiger partial charge < -0.3 is 14.4 Å². The second-order valence-corrected chi connectivity index (χ2v) is 7.48. The minimum absolute atomic E-state index is 0.0199. The van der Waals surface area contributed by atoms with E-state index in [-0.39, 0.29) is 23.6 Å². The molecule has 0 amide bonds. The molecule has 1 aromatic carbocycles. The fraction of sp³-hybridized carbons (Fsp3) is 0.350. The Morgan fingerprint density at radius 1 is 1.48 bits per heavy atom. The first-order valence-corrected chi connectivity index (χ1v) is 8.72. The van der Waals surface area contributed by atoms with Crippen LogP contribution in [0.3, 0.4) is 0 Å². The van der Waals surface area contributed by atoms with Crippen molar-refractivity contribution >= 4 is 22.6 Å². The lowest BCUT2D eigenvalue weighted by atomic mass is 9.75. The number of benzene rings is 1. The SMILES string of the molecule is CC1=NC=CC(C)(c2c(F)cc3c(=O)c(C(=O)O)cn4c3c2OC[C@H]4C)C1. The second kappa shape index (κ2) is 5.77. The third kappa shape index (κ3) is 2.49. The van der Waals surface area contributed by atoms with Crippen molar-refractivity contribution in [2.45, 2.75) is 38.6 Å². The summed E-state index contributed by atoms with van der Waals surface area (Å²) in [5.41, 5.74) is -0.0822. The maximum Gasteiger partial charge on any atom is 0.341 e. The molecule has 6 nitrogen and oxygen atoms in total. The number of halogens is 1. The van der Waals surface area contributed by atoms with Gasteiger partial charge >= 0.3 is 5.97 Å². The predicted molar refractivity (Wildman–Crippen MR) is 99.5 cm³/mol. The van der Waals surface area contributed by atoms with E-state index >= 15 is 4.39 Å². The average Bonchev–Trinajstić information content (AvgIpc) is 2.58. The number of hydrogen-bond acceptors (Lipinski definition) is 4. The molecule has 0 saturated carbocycles. The van der Waals surface area contributed by atoms with Crippen molar-refractivity contribution < 1.29 is 19.0 Å². The number of hydrogen-bond donors (Lipinski definition) is 1. The van der Waals surface area contributed by atoms with Crippen molar-refractivity contribution in [2.24, 2.45) is 4.99 Å². The molecule has 7 heteroatoms. The molecule has 0 radical (unpaired) electrons. The molecule has 27 heavy (non-hydrogen) atoms. The Morgan fingerprint density at radius 2 is 2.22 bits per heavy atom. The van der Waals surface area contributed by atoms with E-state index < -0.39 is 22.6 Å². The molecule has 2 aromatic rings. The lowest BCUT2D eigenvalue weighted by molar-refractivity contribution is 0.0694. The van der Waals surface area contributed by atoms with Crippen LogP contribution in [0.4, 0.5) is 4.39 Å². The zero-order valence-electron chi connectivity index (χ0n) is 15.2. The van der Waals surface area contributed by atoms with Crippen LogP contribution in [0.2, 0.25) is 0 Å². The quantitative estimate of drug-likeness (QED) is 0.878. The summed E-state index contributed by atoms with van der Waals surface area (Å²) in [6, 6.07) is 0.955. The first-order chi connectivity index (χ1) is 12.7. The van der Waals surface area contributed by atoms with Crippen LogP contribution >= 0.6 is 0 Å². The molecule has 2 aliphatic heterocycles. The molecule has 3 heterocycles. The number of pyridine rings is 1. The molecule has 1 aromatic heterocycles. The first kappa shape index (κ1) is 17.5. The summed E-state index contributed by atoms with van der Waals surface area (Å²) >= 11 is 0. The summed E-state index contributed by atoms with van der Waals surface area (Å²) in [7, 11) is 0. The molecule has 0 bridgehead atoms. The van der Waals surface area contributed by atoms with Gasteiger partial charge in [-0.1, -0.05) is 13.0 Å². The van der Waals surface area contributed by atoms with Gasteiger partial charge in [-0.2, -0.15) is 0 Å². The Morgan fingerprint density at radius 3 is 2.89 bits per heavy atom. The van der Waals surface area contributed by atoms with Crippen molar-refractivity contribution in [1.82, 2.24) is 4.57 Å². The number of nitrogens with zero attached hydrogens (tertiary/aromatic N) is 2. The van der Waals surface area contributed by atoms with Crippen LogP contribution in [-0.4, -0.2) is 28.0 Å². The van der Waals surface area contributed by atoms with Gasteiger partial charge in [0.15, 0.2) is 5.75 Å². The van der Waals surface area contributed by atoms with Crippen molar-refractivity contribution in [2.75, 3.05) is 6.61 Å². The topological polar surface area (TPSA) is 80.9 Å². The highest BCUT2D eigenvalue weighted by Gasteiger charge is 2.37. The van der Waals surface area contributed by atoms with Crippen LogP contribution in [-0.2, 0) is 5.41 Å². The molecular formula is C20H19FN2O4. The third-order valence-corrected chi connectivity index (χ3v) is 5.33. The highest BCUT2D eigenvalue weighted by molar-refractivity contribution is 5.96. The summed E-state index contributed by atoms with van der Waals surface area (Å²) in [6.07, 6.45) is 5.34. The monoisotopic (exact) mass is 370 g/mol. The van der Waals surface area contributed by atoms with E-state index in [2.05, 4.69) is 4.99 Å². The van der Waals surface area contributed by atoms with Gasteiger partial charge in [-0.15, -0.1) is 0 Å². The van der Waals surface area contributed by atoms with Crippen LogP contribution in [0.1, 0.15) is 49.2 Å². The Hall–Kier alpha value is -2.96. The minimum Gasteiger partial charge on any atom is -0.489 e. The average molecular weight is 370 g/mol. The number of carboxylic acid groups (broad SMARTS) is 1. The summed E-state index contributed by atoms with van der Waals surface area (Å²) < 4.78 is 22.9. The van der Waals surface area contributed by atoms with E-state index in [1.807, 2.05) is 26.8 Å².